The number of rotatable bonds is 4. The summed E-state index contributed by atoms with van der Waals surface area (Å²) in [6, 6.07) is 19.5. The Morgan fingerprint density at radius 2 is 1.47 bits per heavy atom. The molecule has 3 aromatic carbocycles. The molecule has 0 bridgehead atoms. The first-order valence-corrected chi connectivity index (χ1v) is 12.4. The highest BCUT2D eigenvalue weighted by Crippen LogP contribution is 2.58. The number of carbonyl (C=O) groups is 5. The first-order valence-electron chi connectivity index (χ1n) is 12.4. The molecular formula is C30H23NO7. The molecule has 3 aromatic rings. The van der Waals surface area contributed by atoms with Crippen molar-refractivity contribution in [3.8, 4) is 0 Å². The molecule has 8 heteroatoms. The fourth-order valence-corrected chi connectivity index (χ4v) is 5.92. The number of esters is 1. The lowest BCUT2D eigenvalue weighted by Crippen LogP contribution is -2.51. The summed E-state index contributed by atoms with van der Waals surface area (Å²) in [6.45, 7) is 3.75. The summed E-state index contributed by atoms with van der Waals surface area (Å²) in [5.74, 6) is -5.41. The standard InChI is InChI=1S/C30H23NO7/c1-3-37-29(36)17-12-14-18(15-13-17)31-27(34)22-23(28(31)35)30(38-24(22)19-9-5-4-8-16(19)2)25(32)20-10-6-7-11-21(20)26(30)33/h4-15,22-24H,3H2,1-2H3/t22-,23+,24-/m1/s1. The third-order valence-electron chi connectivity index (χ3n) is 7.65. The number of ketones is 2. The summed E-state index contributed by atoms with van der Waals surface area (Å²) in [7, 11) is 0. The van der Waals surface area contributed by atoms with Gasteiger partial charge in [0.15, 0.2) is 0 Å². The van der Waals surface area contributed by atoms with Crippen molar-refractivity contribution in [2.45, 2.75) is 25.6 Å². The van der Waals surface area contributed by atoms with Crippen molar-refractivity contribution in [1.82, 2.24) is 0 Å². The van der Waals surface area contributed by atoms with E-state index in [-0.39, 0.29) is 29.0 Å². The predicted molar refractivity (Wildman–Crippen MR) is 135 cm³/mol. The number of imide groups is 1. The van der Waals surface area contributed by atoms with Crippen molar-refractivity contribution in [3.63, 3.8) is 0 Å². The first-order chi connectivity index (χ1) is 18.3. The zero-order valence-corrected chi connectivity index (χ0v) is 20.7. The van der Waals surface area contributed by atoms with Gasteiger partial charge in [0, 0.05) is 11.1 Å². The van der Waals surface area contributed by atoms with Crippen molar-refractivity contribution in [3.05, 3.63) is 101 Å². The van der Waals surface area contributed by atoms with Gasteiger partial charge in [-0.05, 0) is 49.2 Å². The normalized spacial score (nSPS) is 23.2. The smallest absolute Gasteiger partial charge is 0.338 e. The average molecular weight is 510 g/mol. The Morgan fingerprint density at radius 1 is 0.868 bits per heavy atom. The summed E-state index contributed by atoms with van der Waals surface area (Å²) in [5.41, 5.74) is 0.171. The molecular weight excluding hydrogens is 486 g/mol. The van der Waals surface area contributed by atoms with Crippen molar-refractivity contribution in [2.75, 3.05) is 11.5 Å². The summed E-state index contributed by atoms with van der Waals surface area (Å²) in [6.07, 6.45) is -0.983. The minimum Gasteiger partial charge on any atom is -0.462 e. The van der Waals surface area contributed by atoms with E-state index in [0.717, 1.165) is 10.5 Å². The molecule has 2 fully saturated rings. The topological polar surface area (TPSA) is 107 Å². The van der Waals surface area contributed by atoms with Gasteiger partial charge < -0.3 is 9.47 Å². The van der Waals surface area contributed by atoms with Crippen LogP contribution in [0.5, 0.6) is 0 Å². The number of ether oxygens (including phenoxy) is 2. The molecule has 0 N–H and O–H groups in total. The van der Waals surface area contributed by atoms with E-state index in [1.165, 1.54) is 36.4 Å². The second-order valence-corrected chi connectivity index (χ2v) is 9.62. The van der Waals surface area contributed by atoms with Crippen LogP contribution in [0.2, 0.25) is 0 Å². The Balaban J connectivity index is 1.48. The van der Waals surface area contributed by atoms with Crippen molar-refractivity contribution < 1.29 is 33.4 Å². The summed E-state index contributed by atoms with van der Waals surface area (Å²) < 4.78 is 11.3. The van der Waals surface area contributed by atoms with Gasteiger partial charge in [-0.15, -0.1) is 0 Å². The van der Waals surface area contributed by atoms with Crippen molar-refractivity contribution >= 4 is 35.0 Å². The van der Waals surface area contributed by atoms with E-state index >= 15 is 0 Å². The highest BCUT2D eigenvalue weighted by molar-refractivity contribution is 6.37. The zero-order chi connectivity index (χ0) is 26.8. The number of carbonyl (C=O) groups excluding carboxylic acids is 5. The van der Waals surface area contributed by atoms with Crippen molar-refractivity contribution in [2.24, 2.45) is 11.8 Å². The Hall–Kier alpha value is -4.43. The molecule has 2 saturated heterocycles. The highest BCUT2D eigenvalue weighted by atomic mass is 16.5. The average Bonchev–Trinajstić information content (AvgIpc) is 3.49. The Bertz CT molecular complexity index is 1510. The van der Waals surface area contributed by atoms with Crippen LogP contribution >= 0.6 is 0 Å². The lowest BCUT2D eigenvalue weighted by molar-refractivity contribution is -0.127. The van der Waals surface area contributed by atoms with Gasteiger partial charge >= 0.3 is 5.97 Å². The molecule has 0 radical (unpaired) electrons. The Kier molecular flexibility index (Phi) is 5.39. The fraction of sp³-hybridized carbons (Fsp3) is 0.233. The number of fused-ring (bicyclic) bond motifs is 3. The molecule has 0 saturated carbocycles. The van der Waals surface area contributed by atoms with Crippen LogP contribution in [0.15, 0.2) is 72.8 Å². The second-order valence-electron chi connectivity index (χ2n) is 9.62. The molecule has 0 unspecified atom stereocenters. The van der Waals surface area contributed by atoms with Crippen molar-refractivity contribution in [1.29, 1.82) is 0 Å². The number of nitrogens with zero attached hydrogens (tertiary/aromatic N) is 1. The van der Waals surface area contributed by atoms with E-state index in [4.69, 9.17) is 9.47 Å². The molecule has 2 amide bonds. The van der Waals surface area contributed by atoms with E-state index in [9.17, 15) is 24.0 Å². The quantitative estimate of drug-likeness (QED) is 0.299. The molecule has 8 nitrogen and oxygen atoms in total. The number of Topliss-reactive ketones (excluding diaryl/α,β-unsaturated/α-hetero) is 2. The third-order valence-corrected chi connectivity index (χ3v) is 7.65. The van der Waals surface area contributed by atoms with Crippen LogP contribution in [0, 0.1) is 18.8 Å². The molecule has 0 aromatic heterocycles. The Labute approximate surface area is 218 Å². The van der Waals surface area contributed by atoms with E-state index in [0.29, 0.717) is 5.56 Å². The van der Waals surface area contributed by atoms with Crippen LogP contribution in [0.1, 0.15) is 55.2 Å². The number of benzene rings is 3. The van der Waals surface area contributed by atoms with Crippen LogP contribution in [-0.4, -0.2) is 41.6 Å². The van der Waals surface area contributed by atoms with E-state index < -0.39 is 52.9 Å². The van der Waals surface area contributed by atoms with Gasteiger partial charge in [0.2, 0.25) is 29.0 Å². The number of anilines is 1. The molecule has 1 spiro atoms. The highest BCUT2D eigenvalue weighted by Gasteiger charge is 2.74. The lowest BCUT2D eigenvalue weighted by atomic mass is 9.77. The number of aryl methyl sites for hydroxylation is 1. The van der Waals surface area contributed by atoms with E-state index in [1.54, 1.807) is 31.2 Å². The molecule has 1 aliphatic carbocycles. The minimum atomic E-state index is -2.13. The van der Waals surface area contributed by atoms with Gasteiger partial charge in [0.05, 0.1) is 35.8 Å². The second kappa shape index (κ2) is 8.56. The minimum absolute atomic E-state index is 0.180. The van der Waals surface area contributed by atoms with E-state index in [2.05, 4.69) is 0 Å². The molecule has 190 valence electrons. The van der Waals surface area contributed by atoms with Crippen LogP contribution in [0.4, 0.5) is 5.69 Å². The van der Waals surface area contributed by atoms with Gasteiger partial charge in [0.1, 0.15) is 0 Å². The first kappa shape index (κ1) is 23.9. The monoisotopic (exact) mass is 509 g/mol. The van der Waals surface area contributed by atoms with Gasteiger partial charge in [0.25, 0.3) is 0 Å². The largest absolute Gasteiger partial charge is 0.462 e. The molecule has 6 rings (SSSR count). The maximum absolute atomic E-state index is 14.0. The predicted octanol–water partition coefficient (Wildman–Crippen LogP) is 3.87. The van der Waals surface area contributed by atoms with Crippen LogP contribution in [0.25, 0.3) is 0 Å². The van der Waals surface area contributed by atoms with Gasteiger partial charge in [-0.1, -0.05) is 48.5 Å². The number of hydrogen-bond donors (Lipinski definition) is 0. The maximum Gasteiger partial charge on any atom is 0.338 e. The molecule has 3 aliphatic rings. The van der Waals surface area contributed by atoms with E-state index in [1.807, 2.05) is 19.1 Å². The van der Waals surface area contributed by atoms with Crippen LogP contribution in [-0.2, 0) is 19.1 Å². The molecule has 2 heterocycles. The Morgan fingerprint density at radius 3 is 2.08 bits per heavy atom. The maximum atomic E-state index is 14.0. The zero-order valence-electron chi connectivity index (χ0n) is 20.7. The van der Waals surface area contributed by atoms with Gasteiger partial charge in [-0.2, -0.15) is 0 Å². The molecule has 2 aliphatic heterocycles. The van der Waals surface area contributed by atoms with Crippen LogP contribution < -0.4 is 4.90 Å². The fourth-order valence-electron chi connectivity index (χ4n) is 5.92. The summed E-state index contributed by atoms with van der Waals surface area (Å²) in [5, 5.41) is 0. The third kappa shape index (κ3) is 3.10. The lowest BCUT2D eigenvalue weighted by Gasteiger charge is -2.27. The number of amides is 2. The van der Waals surface area contributed by atoms with Gasteiger partial charge in [-0.25, -0.2) is 9.69 Å². The molecule has 38 heavy (non-hydrogen) atoms. The van der Waals surface area contributed by atoms with Crippen LogP contribution in [0.3, 0.4) is 0 Å². The summed E-state index contributed by atoms with van der Waals surface area (Å²) >= 11 is 0. The SMILES string of the molecule is CCOC(=O)c1ccc(N2C(=O)[C@H]3[C@@H](c4ccccc4C)OC4(C(=O)c5ccccc5C4=O)[C@@H]3C2=O)cc1. The van der Waals surface area contributed by atoms with Gasteiger partial charge in [-0.3, -0.25) is 19.2 Å². The summed E-state index contributed by atoms with van der Waals surface area (Å²) in [4.78, 5) is 68.7. The molecule has 3 atom stereocenters. The number of hydrogen-bond acceptors (Lipinski definition) is 7.